The minimum absolute atomic E-state index is 0.272. The predicted molar refractivity (Wildman–Crippen MR) is 80.0 cm³/mol. The Morgan fingerprint density at radius 1 is 1.40 bits per heavy atom. The average molecular weight is 271 g/mol. The molecule has 1 aliphatic heterocycles. The van der Waals surface area contributed by atoms with Crippen molar-refractivity contribution in [3.63, 3.8) is 0 Å². The summed E-state index contributed by atoms with van der Waals surface area (Å²) >= 11 is 0. The first-order valence-electron chi connectivity index (χ1n) is 7.23. The second-order valence-corrected chi connectivity index (χ2v) is 5.67. The maximum Gasteiger partial charge on any atom is 0.203 e. The third-order valence-corrected chi connectivity index (χ3v) is 3.54. The Morgan fingerprint density at radius 2 is 2.25 bits per heavy atom. The van der Waals surface area contributed by atoms with Gasteiger partial charge in [0.25, 0.3) is 0 Å². The number of benzene rings is 1. The van der Waals surface area contributed by atoms with E-state index >= 15 is 0 Å². The van der Waals surface area contributed by atoms with E-state index in [1.54, 1.807) is 0 Å². The molecule has 4 heteroatoms. The topological polar surface area (TPSA) is 39.1 Å². The highest BCUT2D eigenvalue weighted by molar-refractivity contribution is 5.42. The number of aromatic nitrogens is 2. The largest absolute Gasteiger partial charge is 0.493 e. The number of rotatable bonds is 4. The molecule has 0 aliphatic carbocycles. The molecule has 2 heterocycles. The van der Waals surface area contributed by atoms with Crippen molar-refractivity contribution in [1.29, 1.82) is 0 Å². The molecular weight excluding hydrogens is 250 g/mol. The summed E-state index contributed by atoms with van der Waals surface area (Å²) in [6, 6.07) is 8.50. The number of ether oxygens (including phenoxy) is 1. The van der Waals surface area contributed by atoms with Crippen LogP contribution in [0.15, 0.2) is 36.7 Å². The Hall–Kier alpha value is -1.97. The van der Waals surface area contributed by atoms with Gasteiger partial charge in [-0.15, -0.1) is 0 Å². The SMILES string of the molecule is CC(C)Cn1ccnc1NC1CCOc2ccccc21. The number of nitrogens with one attached hydrogen (secondary N) is 1. The molecule has 0 radical (unpaired) electrons. The summed E-state index contributed by atoms with van der Waals surface area (Å²) in [4.78, 5) is 4.45. The number of hydrogen-bond acceptors (Lipinski definition) is 3. The fourth-order valence-corrected chi connectivity index (χ4v) is 2.64. The molecular formula is C16H21N3O. The quantitative estimate of drug-likeness (QED) is 0.925. The third-order valence-electron chi connectivity index (χ3n) is 3.54. The summed E-state index contributed by atoms with van der Waals surface area (Å²) in [6.07, 6.45) is 4.86. The Balaban J connectivity index is 1.81. The van der Waals surface area contributed by atoms with Gasteiger partial charge in [0.15, 0.2) is 0 Å². The van der Waals surface area contributed by atoms with Crippen molar-refractivity contribution in [3.8, 4) is 5.75 Å². The zero-order valence-corrected chi connectivity index (χ0v) is 12.0. The van der Waals surface area contributed by atoms with Crippen molar-refractivity contribution in [1.82, 2.24) is 9.55 Å². The molecule has 20 heavy (non-hydrogen) atoms. The summed E-state index contributed by atoms with van der Waals surface area (Å²) < 4.78 is 7.88. The second kappa shape index (κ2) is 5.57. The summed E-state index contributed by atoms with van der Waals surface area (Å²) in [5.41, 5.74) is 1.22. The van der Waals surface area contributed by atoms with Crippen molar-refractivity contribution < 1.29 is 4.74 Å². The highest BCUT2D eigenvalue weighted by atomic mass is 16.5. The molecule has 1 unspecified atom stereocenters. The van der Waals surface area contributed by atoms with E-state index in [-0.39, 0.29) is 6.04 Å². The van der Waals surface area contributed by atoms with Gasteiger partial charge >= 0.3 is 0 Å². The van der Waals surface area contributed by atoms with E-state index in [0.29, 0.717) is 5.92 Å². The van der Waals surface area contributed by atoms with E-state index in [9.17, 15) is 0 Å². The molecule has 2 aromatic rings. The van der Waals surface area contributed by atoms with E-state index in [1.807, 2.05) is 24.5 Å². The van der Waals surface area contributed by atoms with E-state index in [1.165, 1.54) is 5.56 Å². The van der Waals surface area contributed by atoms with Crippen LogP contribution in [0, 0.1) is 5.92 Å². The number of nitrogens with zero attached hydrogens (tertiary/aromatic N) is 2. The van der Waals surface area contributed by atoms with Gasteiger partial charge in [-0.25, -0.2) is 4.98 Å². The van der Waals surface area contributed by atoms with Gasteiger partial charge in [-0.2, -0.15) is 0 Å². The molecule has 0 fully saturated rings. The molecule has 1 aromatic heterocycles. The first kappa shape index (κ1) is 13.0. The minimum Gasteiger partial charge on any atom is -0.493 e. The number of fused-ring (bicyclic) bond motifs is 1. The predicted octanol–water partition coefficient (Wildman–Crippen LogP) is 3.47. The molecule has 1 aromatic carbocycles. The van der Waals surface area contributed by atoms with Crippen LogP contribution in [0.1, 0.15) is 31.9 Å². The molecule has 0 spiro atoms. The van der Waals surface area contributed by atoms with Crippen molar-refractivity contribution in [2.75, 3.05) is 11.9 Å². The molecule has 1 atom stereocenters. The lowest BCUT2D eigenvalue weighted by Crippen LogP contribution is -2.22. The fourth-order valence-electron chi connectivity index (χ4n) is 2.64. The Kier molecular flexibility index (Phi) is 3.63. The van der Waals surface area contributed by atoms with Crippen LogP contribution in [-0.2, 0) is 6.54 Å². The lowest BCUT2D eigenvalue weighted by atomic mass is 10.0. The zero-order chi connectivity index (χ0) is 13.9. The first-order valence-corrected chi connectivity index (χ1v) is 7.23. The number of imidazole rings is 1. The van der Waals surface area contributed by atoms with Crippen molar-refractivity contribution in [2.45, 2.75) is 32.9 Å². The maximum absolute atomic E-state index is 5.70. The second-order valence-electron chi connectivity index (χ2n) is 5.67. The van der Waals surface area contributed by atoms with Gasteiger partial charge in [0.05, 0.1) is 12.6 Å². The van der Waals surface area contributed by atoms with Gasteiger partial charge in [-0.1, -0.05) is 32.0 Å². The fraction of sp³-hybridized carbons (Fsp3) is 0.438. The van der Waals surface area contributed by atoms with E-state index in [4.69, 9.17) is 4.74 Å². The maximum atomic E-state index is 5.70. The number of anilines is 1. The summed E-state index contributed by atoms with van der Waals surface area (Å²) in [5.74, 6) is 2.53. The van der Waals surface area contributed by atoms with Crippen LogP contribution in [0.4, 0.5) is 5.95 Å². The van der Waals surface area contributed by atoms with Gasteiger partial charge in [0.1, 0.15) is 5.75 Å². The van der Waals surface area contributed by atoms with Crippen LogP contribution in [0.2, 0.25) is 0 Å². The molecule has 0 saturated carbocycles. The van der Waals surface area contributed by atoms with Gasteiger partial charge in [-0.05, 0) is 12.0 Å². The van der Waals surface area contributed by atoms with Crippen molar-refractivity contribution in [3.05, 3.63) is 42.2 Å². The van der Waals surface area contributed by atoms with Crippen LogP contribution in [0.3, 0.4) is 0 Å². The molecule has 3 rings (SSSR count). The molecule has 1 aliphatic rings. The van der Waals surface area contributed by atoms with E-state index in [0.717, 1.165) is 31.3 Å². The van der Waals surface area contributed by atoms with Crippen LogP contribution < -0.4 is 10.1 Å². The summed E-state index contributed by atoms with van der Waals surface area (Å²) in [6.45, 7) is 6.16. The van der Waals surface area contributed by atoms with Crippen LogP contribution >= 0.6 is 0 Å². The smallest absolute Gasteiger partial charge is 0.203 e. The van der Waals surface area contributed by atoms with Gasteiger partial charge in [-0.3, -0.25) is 0 Å². The van der Waals surface area contributed by atoms with Gasteiger partial charge in [0.2, 0.25) is 5.95 Å². The third kappa shape index (κ3) is 2.64. The van der Waals surface area contributed by atoms with Crippen LogP contribution in [-0.4, -0.2) is 16.2 Å². The standard InChI is InChI=1S/C16H21N3O/c1-12(2)11-19-9-8-17-16(19)18-14-7-10-20-15-6-4-3-5-13(14)15/h3-6,8-9,12,14H,7,10-11H2,1-2H3,(H,17,18). The Morgan fingerprint density at radius 3 is 3.10 bits per heavy atom. The molecule has 1 N–H and O–H groups in total. The molecule has 0 saturated heterocycles. The van der Waals surface area contributed by atoms with E-state index in [2.05, 4.69) is 40.8 Å². The summed E-state index contributed by atoms with van der Waals surface area (Å²) in [5, 5.41) is 3.56. The lowest BCUT2D eigenvalue weighted by molar-refractivity contribution is 0.274. The highest BCUT2D eigenvalue weighted by Gasteiger charge is 2.22. The lowest BCUT2D eigenvalue weighted by Gasteiger charge is -2.27. The molecule has 0 bridgehead atoms. The van der Waals surface area contributed by atoms with Gasteiger partial charge in [0, 0.05) is 30.9 Å². The van der Waals surface area contributed by atoms with Gasteiger partial charge < -0.3 is 14.6 Å². The minimum atomic E-state index is 0.272. The molecule has 0 amide bonds. The number of para-hydroxylation sites is 1. The normalized spacial score (nSPS) is 17.6. The molecule has 106 valence electrons. The van der Waals surface area contributed by atoms with E-state index < -0.39 is 0 Å². The van der Waals surface area contributed by atoms with Crippen LogP contribution in [0.25, 0.3) is 0 Å². The van der Waals surface area contributed by atoms with Crippen molar-refractivity contribution >= 4 is 5.95 Å². The Labute approximate surface area is 119 Å². The molecule has 4 nitrogen and oxygen atoms in total. The first-order chi connectivity index (χ1) is 9.74. The average Bonchev–Trinajstić information content (AvgIpc) is 2.86. The Bertz CT molecular complexity index is 577. The summed E-state index contributed by atoms with van der Waals surface area (Å²) in [7, 11) is 0. The zero-order valence-electron chi connectivity index (χ0n) is 12.0. The number of hydrogen-bond donors (Lipinski definition) is 1. The van der Waals surface area contributed by atoms with Crippen molar-refractivity contribution in [2.24, 2.45) is 5.92 Å². The monoisotopic (exact) mass is 271 g/mol. The highest BCUT2D eigenvalue weighted by Crippen LogP contribution is 2.33. The van der Waals surface area contributed by atoms with Crippen LogP contribution in [0.5, 0.6) is 5.75 Å².